The second kappa shape index (κ2) is 12.4. The lowest BCUT2D eigenvalue weighted by Gasteiger charge is -2.17. The van der Waals surface area contributed by atoms with Crippen LogP contribution in [0.3, 0.4) is 0 Å². The van der Waals surface area contributed by atoms with Gasteiger partial charge in [0.2, 0.25) is 5.91 Å². The van der Waals surface area contributed by atoms with Gasteiger partial charge in [-0.15, -0.1) is 0 Å². The van der Waals surface area contributed by atoms with Gasteiger partial charge < -0.3 is 19.7 Å². The van der Waals surface area contributed by atoms with Crippen LogP contribution in [0.2, 0.25) is 5.02 Å². The molecule has 2 aromatic carbocycles. The molecular weight excluding hydrogens is 472 g/mol. The van der Waals surface area contributed by atoms with Gasteiger partial charge in [-0.2, -0.15) is 0 Å². The van der Waals surface area contributed by atoms with Crippen molar-refractivity contribution in [2.24, 2.45) is 5.92 Å². The van der Waals surface area contributed by atoms with Gasteiger partial charge in [0.05, 0.1) is 18.1 Å². The van der Waals surface area contributed by atoms with Gasteiger partial charge in [0.25, 0.3) is 5.91 Å². The minimum Gasteiger partial charge on any atom is -0.462 e. The highest BCUT2D eigenvalue weighted by Gasteiger charge is 2.36. The minimum absolute atomic E-state index is 0.0188. The molecule has 186 valence electrons. The van der Waals surface area contributed by atoms with Crippen LogP contribution in [0.25, 0.3) is 0 Å². The zero-order valence-corrected chi connectivity index (χ0v) is 20.6. The van der Waals surface area contributed by atoms with Crippen LogP contribution in [-0.4, -0.2) is 43.5 Å². The first kappa shape index (κ1) is 26.2. The molecule has 0 saturated carbocycles. The number of hydrogen-bond acceptors (Lipinski definition) is 6. The number of esters is 2. The van der Waals surface area contributed by atoms with Gasteiger partial charge in [0, 0.05) is 29.4 Å². The molecule has 3 rings (SSSR count). The van der Waals surface area contributed by atoms with Crippen LogP contribution >= 0.6 is 11.6 Å². The van der Waals surface area contributed by atoms with E-state index in [1.54, 1.807) is 42.5 Å². The summed E-state index contributed by atoms with van der Waals surface area (Å²) in [6, 6.07) is 11.6. The largest absolute Gasteiger partial charge is 0.462 e. The van der Waals surface area contributed by atoms with Crippen molar-refractivity contribution in [2.75, 3.05) is 30.0 Å². The fraction of sp³-hybridized carbons (Fsp3) is 0.385. The minimum atomic E-state index is -0.689. The van der Waals surface area contributed by atoms with E-state index in [1.807, 2.05) is 6.92 Å². The summed E-state index contributed by atoms with van der Waals surface area (Å²) in [5.74, 6) is -2.45. The Hall–Kier alpha value is -3.39. The second-order valence-electron chi connectivity index (χ2n) is 8.41. The number of carbonyl (C=O) groups is 4. The Bertz CT molecular complexity index is 1090. The summed E-state index contributed by atoms with van der Waals surface area (Å²) < 4.78 is 10.4. The molecule has 1 saturated heterocycles. The van der Waals surface area contributed by atoms with Crippen molar-refractivity contribution in [2.45, 2.75) is 39.5 Å². The standard InChI is InChI=1S/C26H29ClN2O6/c1-3-4-5-12-34-25(32)18-7-10-21(11-8-18)29-15-19(13-24(29)31)26(33)35-16-23(30)28-22-14-20(27)9-6-17(22)2/h6-11,14,19H,3-5,12-13,15-16H2,1-2H3,(H,28,30)/t19-/m1/s1. The molecule has 2 aromatic rings. The maximum atomic E-state index is 12.5. The number of nitrogens with one attached hydrogen (secondary N) is 1. The molecule has 1 fully saturated rings. The van der Waals surface area contributed by atoms with Gasteiger partial charge in [-0.05, 0) is 55.3 Å². The van der Waals surface area contributed by atoms with Crippen molar-refractivity contribution in [3.05, 3.63) is 58.6 Å². The highest BCUT2D eigenvalue weighted by molar-refractivity contribution is 6.31. The first-order chi connectivity index (χ1) is 16.8. The van der Waals surface area contributed by atoms with Gasteiger partial charge in [0.15, 0.2) is 6.61 Å². The molecule has 0 radical (unpaired) electrons. The van der Waals surface area contributed by atoms with Crippen molar-refractivity contribution >= 4 is 46.7 Å². The molecule has 1 aliphatic heterocycles. The number of halogens is 1. The number of hydrogen-bond donors (Lipinski definition) is 1. The topological polar surface area (TPSA) is 102 Å². The van der Waals surface area contributed by atoms with Crippen molar-refractivity contribution in [3.8, 4) is 0 Å². The summed E-state index contributed by atoms with van der Waals surface area (Å²) in [6.45, 7) is 3.93. The van der Waals surface area contributed by atoms with Crippen molar-refractivity contribution in [1.82, 2.24) is 0 Å². The number of nitrogens with zero attached hydrogens (tertiary/aromatic N) is 1. The summed E-state index contributed by atoms with van der Waals surface area (Å²) in [6.07, 6.45) is 2.84. The smallest absolute Gasteiger partial charge is 0.338 e. The SMILES string of the molecule is CCCCCOC(=O)c1ccc(N2C[C@H](C(=O)OCC(=O)Nc3cc(Cl)ccc3C)CC2=O)cc1. The van der Waals surface area contributed by atoms with Crippen molar-refractivity contribution in [1.29, 1.82) is 0 Å². The van der Waals surface area contributed by atoms with Crippen LogP contribution in [0, 0.1) is 12.8 Å². The third kappa shape index (κ3) is 7.29. The Morgan fingerprint density at radius 2 is 1.83 bits per heavy atom. The number of anilines is 2. The van der Waals surface area contributed by atoms with E-state index < -0.39 is 30.4 Å². The van der Waals surface area contributed by atoms with Gasteiger partial charge in [-0.25, -0.2) is 4.79 Å². The molecule has 0 unspecified atom stereocenters. The van der Waals surface area contributed by atoms with Crippen LogP contribution in [0.4, 0.5) is 11.4 Å². The van der Waals surface area contributed by atoms with Gasteiger partial charge in [0.1, 0.15) is 0 Å². The number of aryl methyl sites for hydroxylation is 1. The van der Waals surface area contributed by atoms with Crippen molar-refractivity contribution < 1.29 is 28.7 Å². The van der Waals surface area contributed by atoms with Crippen LogP contribution in [0.5, 0.6) is 0 Å². The Labute approximate surface area is 209 Å². The predicted octanol–water partition coefficient (Wildman–Crippen LogP) is 4.53. The highest BCUT2D eigenvalue weighted by atomic mass is 35.5. The van der Waals surface area contributed by atoms with E-state index in [1.165, 1.54) is 4.90 Å². The lowest BCUT2D eigenvalue weighted by Crippen LogP contribution is -2.28. The molecule has 1 N–H and O–H groups in total. The predicted molar refractivity (Wildman–Crippen MR) is 132 cm³/mol. The summed E-state index contributed by atoms with van der Waals surface area (Å²) in [4.78, 5) is 50.7. The lowest BCUT2D eigenvalue weighted by molar-refractivity contribution is -0.151. The third-order valence-electron chi connectivity index (χ3n) is 5.67. The average molecular weight is 501 g/mol. The first-order valence-corrected chi connectivity index (χ1v) is 12.0. The molecule has 0 spiro atoms. The molecule has 0 bridgehead atoms. The Kier molecular flexibility index (Phi) is 9.25. The van der Waals surface area contributed by atoms with E-state index in [9.17, 15) is 19.2 Å². The summed E-state index contributed by atoms with van der Waals surface area (Å²) in [5.41, 5.74) is 2.33. The first-order valence-electron chi connectivity index (χ1n) is 11.6. The van der Waals surface area contributed by atoms with Crippen LogP contribution in [0.1, 0.15) is 48.5 Å². The number of ether oxygens (including phenoxy) is 2. The van der Waals surface area contributed by atoms with E-state index in [-0.39, 0.29) is 18.9 Å². The molecule has 1 aliphatic rings. The number of unbranched alkanes of at least 4 members (excludes halogenated alkanes) is 2. The maximum absolute atomic E-state index is 12.5. The Morgan fingerprint density at radius 1 is 1.09 bits per heavy atom. The molecular formula is C26H29ClN2O6. The molecule has 9 heteroatoms. The van der Waals surface area contributed by atoms with E-state index in [4.69, 9.17) is 21.1 Å². The fourth-order valence-corrected chi connectivity index (χ4v) is 3.83. The van der Waals surface area contributed by atoms with Crippen LogP contribution < -0.4 is 10.2 Å². The number of rotatable bonds is 10. The molecule has 35 heavy (non-hydrogen) atoms. The summed E-state index contributed by atoms with van der Waals surface area (Å²) in [7, 11) is 0. The fourth-order valence-electron chi connectivity index (χ4n) is 3.66. The molecule has 1 heterocycles. The van der Waals surface area contributed by atoms with Crippen LogP contribution in [0.15, 0.2) is 42.5 Å². The zero-order chi connectivity index (χ0) is 25.4. The maximum Gasteiger partial charge on any atom is 0.338 e. The molecule has 0 aliphatic carbocycles. The highest BCUT2D eigenvalue weighted by Crippen LogP contribution is 2.26. The summed E-state index contributed by atoms with van der Waals surface area (Å²) in [5, 5.41) is 3.13. The van der Waals surface area contributed by atoms with E-state index >= 15 is 0 Å². The Balaban J connectivity index is 1.49. The molecule has 0 aromatic heterocycles. The normalized spacial score (nSPS) is 15.1. The average Bonchev–Trinajstić information content (AvgIpc) is 3.24. The number of benzene rings is 2. The Morgan fingerprint density at radius 3 is 2.54 bits per heavy atom. The van der Waals surface area contributed by atoms with Crippen LogP contribution in [-0.2, 0) is 23.9 Å². The van der Waals surface area contributed by atoms with Gasteiger partial charge in [-0.1, -0.05) is 37.4 Å². The molecule has 2 amide bonds. The third-order valence-corrected chi connectivity index (χ3v) is 5.91. The molecule has 1 atom stereocenters. The monoisotopic (exact) mass is 500 g/mol. The zero-order valence-electron chi connectivity index (χ0n) is 19.8. The van der Waals surface area contributed by atoms with E-state index in [0.717, 1.165) is 24.8 Å². The quantitative estimate of drug-likeness (QED) is 0.380. The van der Waals surface area contributed by atoms with Gasteiger partial charge >= 0.3 is 11.9 Å². The molecule has 8 nitrogen and oxygen atoms in total. The van der Waals surface area contributed by atoms with Crippen molar-refractivity contribution in [3.63, 3.8) is 0 Å². The van der Waals surface area contributed by atoms with Gasteiger partial charge in [-0.3, -0.25) is 14.4 Å². The second-order valence-corrected chi connectivity index (χ2v) is 8.85. The summed E-state index contributed by atoms with van der Waals surface area (Å²) >= 11 is 5.95. The van der Waals surface area contributed by atoms with E-state index in [2.05, 4.69) is 12.2 Å². The number of carbonyl (C=O) groups excluding carboxylic acids is 4. The number of amides is 2. The van der Waals surface area contributed by atoms with E-state index in [0.29, 0.717) is 28.6 Å². The lowest BCUT2D eigenvalue weighted by atomic mass is 10.1.